The molecule has 0 amide bonds. The average Bonchev–Trinajstić information content (AvgIpc) is 2.04. The number of hydrogen-bond acceptors (Lipinski definition) is 6. The van der Waals surface area contributed by atoms with Crippen molar-refractivity contribution in [2.45, 2.75) is 16.7 Å². The van der Waals surface area contributed by atoms with Crippen molar-refractivity contribution < 1.29 is 31.0 Å². The van der Waals surface area contributed by atoms with E-state index >= 15 is 0 Å². The van der Waals surface area contributed by atoms with Gasteiger partial charge in [-0.2, -0.15) is 8.42 Å². The Kier molecular flexibility index (Phi) is 2.98. The van der Waals surface area contributed by atoms with Crippen LogP contribution in [-0.2, 0) is 20.2 Å². The Hall–Kier alpha value is -1.16. The van der Waals surface area contributed by atoms with E-state index in [1.165, 1.54) is 6.92 Å². The van der Waals surface area contributed by atoms with Crippen LogP contribution in [0.25, 0.3) is 0 Å². The van der Waals surface area contributed by atoms with Gasteiger partial charge in [-0.05, 0) is 24.6 Å². The van der Waals surface area contributed by atoms with Crippen molar-refractivity contribution in [1.29, 1.82) is 0 Å². The molecule has 1 rings (SSSR count). The summed E-state index contributed by atoms with van der Waals surface area (Å²) >= 11 is 0. The largest absolute Gasteiger partial charge is 0.871 e. The first-order chi connectivity index (χ1) is 7.03. The zero-order chi connectivity index (χ0) is 12.7. The molecule has 0 radical (unpaired) electrons. The molecule has 90 valence electrons. The summed E-state index contributed by atoms with van der Waals surface area (Å²) < 4.78 is 62.1. The van der Waals surface area contributed by atoms with Crippen LogP contribution in [0.2, 0.25) is 0 Å². The molecule has 0 aliphatic carbocycles. The van der Waals surface area contributed by atoms with Crippen molar-refractivity contribution in [2.24, 2.45) is 0 Å². The Bertz CT molecular complexity index is 574. The lowest BCUT2D eigenvalue weighted by Crippen LogP contribution is -2.11. The second-order valence-corrected chi connectivity index (χ2v) is 5.76. The highest BCUT2D eigenvalue weighted by molar-refractivity contribution is 7.86. The summed E-state index contributed by atoms with van der Waals surface area (Å²) in [7, 11) is -9.93. The SMILES string of the molecule is Cc1cc(S(=O)(=O)[O-])c([O-])c(S(=O)(=O)O)c1. The van der Waals surface area contributed by atoms with Crippen molar-refractivity contribution in [1.82, 2.24) is 0 Å². The second kappa shape index (κ2) is 3.70. The van der Waals surface area contributed by atoms with Crippen LogP contribution in [0.4, 0.5) is 0 Å². The van der Waals surface area contributed by atoms with E-state index in [4.69, 9.17) is 4.55 Å². The maximum Gasteiger partial charge on any atom is 0.293 e. The van der Waals surface area contributed by atoms with Crippen molar-refractivity contribution >= 4 is 20.2 Å². The minimum Gasteiger partial charge on any atom is -0.871 e. The molecular weight excluding hydrogens is 260 g/mol. The Labute approximate surface area is 91.8 Å². The van der Waals surface area contributed by atoms with Gasteiger partial charge < -0.3 is 9.66 Å². The molecule has 0 spiro atoms. The Morgan fingerprint density at radius 2 is 1.56 bits per heavy atom. The Morgan fingerprint density at radius 1 is 1.12 bits per heavy atom. The zero-order valence-corrected chi connectivity index (χ0v) is 9.50. The highest BCUT2D eigenvalue weighted by Crippen LogP contribution is 2.28. The van der Waals surface area contributed by atoms with Gasteiger partial charge in [-0.15, -0.1) is 0 Å². The summed E-state index contributed by atoms with van der Waals surface area (Å²) in [5.41, 5.74) is 0.0571. The van der Waals surface area contributed by atoms with Crippen LogP contribution in [0.3, 0.4) is 0 Å². The van der Waals surface area contributed by atoms with E-state index in [2.05, 4.69) is 0 Å². The van der Waals surface area contributed by atoms with E-state index in [9.17, 15) is 26.5 Å². The van der Waals surface area contributed by atoms with Gasteiger partial charge in [0.1, 0.15) is 10.1 Å². The van der Waals surface area contributed by atoms with Gasteiger partial charge in [-0.1, -0.05) is 5.75 Å². The van der Waals surface area contributed by atoms with Gasteiger partial charge in [0, 0.05) is 4.90 Å². The van der Waals surface area contributed by atoms with Gasteiger partial charge >= 0.3 is 0 Å². The van der Waals surface area contributed by atoms with E-state index in [0.29, 0.717) is 0 Å². The van der Waals surface area contributed by atoms with Gasteiger partial charge in [0.05, 0.1) is 4.90 Å². The van der Waals surface area contributed by atoms with Gasteiger partial charge in [0.2, 0.25) is 0 Å². The third kappa shape index (κ3) is 2.50. The van der Waals surface area contributed by atoms with Crippen molar-refractivity contribution in [3.05, 3.63) is 17.7 Å². The predicted molar refractivity (Wildman–Crippen MR) is 48.4 cm³/mol. The number of benzene rings is 1. The molecule has 9 heteroatoms. The molecule has 0 bridgehead atoms. The minimum absolute atomic E-state index is 0.0571. The van der Waals surface area contributed by atoms with Crippen LogP contribution in [0.15, 0.2) is 21.9 Å². The fourth-order valence-electron chi connectivity index (χ4n) is 1.09. The quantitative estimate of drug-likeness (QED) is 0.693. The summed E-state index contributed by atoms with van der Waals surface area (Å²) in [5, 5.41) is 11.3. The lowest BCUT2D eigenvalue weighted by atomic mass is 10.2. The Balaban J connectivity index is 3.78. The van der Waals surface area contributed by atoms with Gasteiger partial charge in [-0.25, -0.2) is 8.42 Å². The molecule has 0 unspecified atom stereocenters. The molecule has 1 N–H and O–H groups in total. The molecule has 7 nitrogen and oxygen atoms in total. The molecule has 0 aliphatic heterocycles. The standard InChI is InChI=1S/C7H8O7S2/c1-4-2-5(15(9,10)11)7(8)6(3-4)16(12,13)14/h2-3,8H,1H3,(H,9,10,11)(H,12,13,14)/p-2. The molecule has 0 saturated carbocycles. The van der Waals surface area contributed by atoms with Gasteiger partial charge in [-0.3, -0.25) is 4.55 Å². The molecule has 0 fully saturated rings. The highest BCUT2D eigenvalue weighted by atomic mass is 32.2. The number of rotatable bonds is 2. The average molecular weight is 266 g/mol. The first kappa shape index (κ1) is 12.9. The van der Waals surface area contributed by atoms with E-state index in [1.54, 1.807) is 0 Å². The van der Waals surface area contributed by atoms with Gasteiger partial charge in [0.15, 0.2) is 0 Å². The fraction of sp³-hybridized carbons (Fsp3) is 0.143. The van der Waals surface area contributed by atoms with E-state index in [0.717, 1.165) is 12.1 Å². The monoisotopic (exact) mass is 266 g/mol. The fourth-order valence-corrected chi connectivity index (χ4v) is 2.50. The van der Waals surface area contributed by atoms with Crippen molar-refractivity contribution in [3.8, 4) is 5.75 Å². The maximum absolute atomic E-state index is 11.3. The van der Waals surface area contributed by atoms with E-state index in [1.807, 2.05) is 0 Å². The molecule has 0 aliphatic rings. The topological polar surface area (TPSA) is 135 Å². The molecule has 0 heterocycles. The normalized spacial score (nSPS) is 12.7. The molecule has 0 atom stereocenters. The van der Waals surface area contributed by atoms with Crippen molar-refractivity contribution in [2.75, 3.05) is 0 Å². The van der Waals surface area contributed by atoms with Crippen molar-refractivity contribution in [3.63, 3.8) is 0 Å². The minimum atomic E-state index is -5.08. The van der Waals surface area contributed by atoms with Crippen LogP contribution in [0.1, 0.15) is 5.56 Å². The summed E-state index contributed by atoms with van der Waals surface area (Å²) in [5.74, 6) is -1.52. The smallest absolute Gasteiger partial charge is 0.293 e. The first-order valence-corrected chi connectivity index (χ1v) is 6.63. The summed E-state index contributed by atoms with van der Waals surface area (Å²) in [4.78, 5) is -2.32. The zero-order valence-electron chi connectivity index (χ0n) is 7.87. The molecule has 0 saturated heterocycles. The summed E-state index contributed by atoms with van der Waals surface area (Å²) in [6, 6.07) is 1.53. The van der Waals surface area contributed by atoms with E-state index < -0.39 is 35.8 Å². The molecule has 0 aromatic heterocycles. The summed E-state index contributed by atoms with van der Waals surface area (Å²) in [6.07, 6.45) is 0. The van der Waals surface area contributed by atoms with Crippen LogP contribution in [-0.4, -0.2) is 25.9 Å². The maximum atomic E-state index is 11.3. The third-order valence-electron chi connectivity index (χ3n) is 1.71. The van der Waals surface area contributed by atoms with E-state index in [-0.39, 0.29) is 5.56 Å². The van der Waals surface area contributed by atoms with Crippen LogP contribution in [0, 0.1) is 6.92 Å². The molecular formula is C7H6O7S2-2. The lowest BCUT2D eigenvalue weighted by Gasteiger charge is -2.19. The number of aryl methyl sites for hydroxylation is 1. The molecule has 1 aromatic rings. The third-order valence-corrected chi connectivity index (χ3v) is 3.41. The first-order valence-electron chi connectivity index (χ1n) is 3.78. The summed E-state index contributed by atoms with van der Waals surface area (Å²) in [6.45, 7) is 1.28. The highest BCUT2D eigenvalue weighted by Gasteiger charge is 2.16. The lowest BCUT2D eigenvalue weighted by molar-refractivity contribution is -0.277. The molecule has 16 heavy (non-hydrogen) atoms. The number of hydrogen-bond donors (Lipinski definition) is 1. The Morgan fingerprint density at radius 3 is 1.94 bits per heavy atom. The van der Waals surface area contributed by atoms with Gasteiger partial charge in [0.25, 0.3) is 10.1 Å². The predicted octanol–water partition coefficient (Wildman–Crippen LogP) is -0.781. The second-order valence-electron chi connectivity index (χ2n) is 3.02. The van der Waals surface area contributed by atoms with Crippen LogP contribution in [0.5, 0.6) is 5.75 Å². The molecule has 1 aromatic carbocycles. The van der Waals surface area contributed by atoms with Crippen LogP contribution >= 0.6 is 0 Å². The van der Waals surface area contributed by atoms with Crippen LogP contribution < -0.4 is 5.11 Å².